The van der Waals surface area contributed by atoms with Crippen LogP contribution in [-0.2, 0) is 19.2 Å². The quantitative estimate of drug-likeness (QED) is 0.206. The van der Waals surface area contributed by atoms with E-state index in [0.29, 0.717) is 17.0 Å². The molecule has 4 amide bonds. The average Bonchev–Trinajstić information content (AvgIpc) is 3.39. The molecule has 3 aromatic rings. The molecule has 6 unspecified atom stereocenters. The molecule has 8 nitrogen and oxygen atoms in total. The van der Waals surface area contributed by atoms with Gasteiger partial charge < -0.3 is 9.84 Å². The summed E-state index contributed by atoms with van der Waals surface area (Å²) >= 11 is 14.7. The number of aromatic hydroxyl groups is 1. The van der Waals surface area contributed by atoms with Gasteiger partial charge in [0.1, 0.15) is 17.3 Å². The smallest absolute Gasteiger partial charge is 0.258 e. The first kappa shape index (κ1) is 30.2. The number of ether oxygens (including phenoxy) is 1. The van der Waals surface area contributed by atoms with Crippen LogP contribution in [0.15, 0.2) is 85.0 Å². The van der Waals surface area contributed by atoms with Gasteiger partial charge in [-0.3, -0.25) is 24.1 Å². The highest BCUT2D eigenvalue weighted by molar-refractivity contribution is 6.58. The molecule has 3 aromatic carbocycles. The van der Waals surface area contributed by atoms with E-state index in [9.17, 15) is 28.7 Å². The third-order valence-electron chi connectivity index (χ3n) is 9.83. The maximum Gasteiger partial charge on any atom is 0.258 e. The van der Waals surface area contributed by atoms with Crippen LogP contribution >= 0.6 is 23.2 Å². The van der Waals surface area contributed by atoms with Crippen LogP contribution in [0.1, 0.15) is 29.9 Å². The van der Waals surface area contributed by atoms with Gasteiger partial charge in [0, 0.05) is 17.5 Å². The second kappa shape index (κ2) is 10.5. The Morgan fingerprint density at radius 2 is 1.57 bits per heavy atom. The number of hydrogen-bond acceptors (Lipinski definition) is 6. The van der Waals surface area contributed by atoms with Crippen molar-refractivity contribution in [1.82, 2.24) is 0 Å². The van der Waals surface area contributed by atoms with Crippen molar-refractivity contribution in [2.75, 3.05) is 16.9 Å². The number of rotatable bonds is 5. The topological polar surface area (TPSA) is 104 Å². The zero-order valence-corrected chi connectivity index (χ0v) is 26.0. The number of carbonyl (C=O) groups excluding carboxylic acids is 4. The highest BCUT2D eigenvalue weighted by atomic mass is 35.5. The van der Waals surface area contributed by atoms with Crippen molar-refractivity contribution in [3.63, 3.8) is 0 Å². The largest absolute Gasteiger partial charge is 0.508 e. The zero-order valence-electron chi connectivity index (χ0n) is 24.5. The molecule has 7 rings (SSSR count). The van der Waals surface area contributed by atoms with Gasteiger partial charge in [0.15, 0.2) is 9.75 Å². The number of nitrogens with zero attached hydrogens (tertiary/aromatic N) is 2. The molecule has 234 valence electrons. The maximum absolute atomic E-state index is 14.4. The second-order valence-electron chi connectivity index (χ2n) is 12.0. The Morgan fingerprint density at radius 1 is 0.913 bits per heavy atom. The molecule has 0 bridgehead atoms. The van der Waals surface area contributed by atoms with Crippen molar-refractivity contribution in [2.45, 2.75) is 28.5 Å². The summed E-state index contributed by atoms with van der Waals surface area (Å²) in [5.41, 5.74) is 2.01. The summed E-state index contributed by atoms with van der Waals surface area (Å²) < 4.78 is 19.1. The van der Waals surface area contributed by atoms with Gasteiger partial charge in [-0.05, 0) is 66.8 Å². The number of anilines is 2. The van der Waals surface area contributed by atoms with Crippen molar-refractivity contribution < 1.29 is 33.4 Å². The Hall–Kier alpha value is -4.47. The monoisotopic (exact) mass is 660 g/mol. The van der Waals surface area contributed by atoms with E-state index in [1.165, 1.54) is 25.3 Å². The molecule has 2 saturated heterocycles. The summed E-state index contributed by atoms with van der Waals surface area (Å²) in [6, 6.07) is 16.1. The Bertz CT molecular complexity index is 1880. The number of hydrogen-bond donors (Lipinski definition) is 1. The lowest BCUT2D eigenvalue weighted by Crippen LogP contribution is -2.60. The summed E-state index contributed by atoms with van der Waals surface area (Å²) in [6.45, 7) is 3.74. The molecule has 0 aromatic heterocycles. The Morgan fingerprint density at radius 3 is 2.20 bits per heavy atom. The van der Waals surface area contributed by atoms with Gasteiger partial charge in [0.25, 0.3) is 11.8 Å². The van der Waals surface area contributed by atoms with Crippen molar-refractivity contribution >= 4 is 64.3 Å². The fourth-order valence-electron chi connectivity index (χ4n) is 7.65. The van der Waals surface area contributed by atoms with Crippen molar-refractivity contribution in [3.05, 3.63) is 102 Å². The van der Waals surface area contributed by atoms with Crippen molar-refractivity contribution in [1.29, 1.82) is 0 Å². The van der Waals surface area contributed by atoms with Crippen LogP contribution in [0, 0.1) is 23.6 Å². The van der Waals surface area contributed by atoms with Crippen LogP contribution in [0.3, 0.4) is 0 Å². The van der Waals surface area contributed by atoms with Crippen LogP contribution in [0.25, 0.3) is 6.08 Å². The standard InChI is InChI=1S/C35H27Cl2FN2O6/c1-3-18-4-8-20(9-5-18)39-30(42)25-15-14-23-26(28(25)31(39)43)17-34(36)32(44)40(21-10-6-19(38)7-11-21)33(45)35(34,37)29(23)24-13-12-22(46-2)16-27(24)41/h3-14,16,25-26,28-29,41H,1,15,17H2,2H3. The molecule has 4 aliphatic rings. The van der Waals surface area contributed by atoms with Crippen LogP contribution in [-0.4, -0.2) is 45.6 Å². The molecule has 0 radical (unpaired) electrons. The molecule has 2 aliphatic carbocycles. The van der Waals surface area contributed by atoms with E-state index in [2.05, 4.69) is 6.58 Å². The molecule has 2 aliphatic heterocycles. The Labute approximate surface area is 273 Å². The minimum Gasteiger partial charge on any atom is -0.508 e. The normalized spacial score (nSPS) is 30.1. The van der Waals surface area contributed by atoms with Gasteiger partial charge >= 0.3 is 0 Å². The second-order valence-corrected chi connectivity index (χ2v) is 13.2. The van der Waals surface area contributed by atoms with E-state index in [4.69, 9.17) is 27.9 Å². The number of allylic oxidation sites excluding steroid dienone is 2. The van der Waals surface area contributed by atoms with Crippen molar-refractivity contribution in [3.8, 4) is 11.5 Å². The molecule has 11 heteroatoms. The predicted octanol–water partition coefficient (Wildman–Crippen LogP) is 5.95. The molecule has 2 heterocycles. The minimum absolute atomic E-state index is 0.0691. The van der Waals surface area contributed by atoms with Gasteiger partial charge in [-0.25, -0.2) is 9.29 Å². The van der Waals surface area contributed by atoms with Crippen LogP contribution < -0.4 is 14.5 Å². The van der Waals surface area contributed by atoms with E-state index in [0.717, 1.165) is 27.5 Å². The van der Waals surface area contributed by atoms with Gasteiger partial charge in [-0.2, -0.15) is 0 Å². The van der Waals surface area contributed by atoms with Gasteiger partial charge in [-0.15, -0.1) is 23.2 Å². The number of carbonyl (C=O) groups is 4. The number of methoxy groups -OCH3 is 1. The van der Waals surface area contributed by atoms with Gasteiger partial charge in [0.05, 0.1) is 30.3 Å². The molecule has 0 spiro atoms. The number of phenolic OH excluding ortho intramolecular Hbond substituents is 1. The number of amides is 4. The average molecular weight is 662 g/mol. The third kappa shape index (κ3) is 3.97. The predicted molar refractivity (Wildman–Crippen MR) is 170 cm³/mol. The molecule has 1 saturated carbocycles. The number of alkyl halides is 2. The lowest BCUT2D eigenvalue weighted by Gasteiger charge is -2.50. The summed E-state index contributed by atoms with van der Waals surface area (Å²) in [6.07, 6.45) is 3.37. The number of phenols is 1. The van der Waals surface area contributed by atoms with Gasteiger partial charge in [-0.1, -0.05) is 42.5 Å². The molecular weight excluding hydrogens is 634 g/mol. The Balaban J connectivity index is 1.39. The summed E-state index contributed by atoms with van der Waals surface area (Å²) in [5.74, 6) is -6.63. The number of benzene rings is 3. The lowest BCUT2D eigenvalue weighted by molar-refractivity contribution is -0.125. The first-order valence-electron chi connectivity index (χ1n) is 14.7. The van der Waals surface area contributed by atoms with E-state index in [-0.39, 0.29) is 35.7 Å². The minimum atomic E-state index is -2.16. The van der Waals surface area contributed by atoms with Gasteiger partial charge in [0.2, 0.25) is 11.8 Å². The van der Waals surface area contributed by atoms with E-state index in [1.54, 1.807) is 48.6 Å². The summed E-state index contributed by atoms with van der Waals surface area (Å²) in [7, 11) is 1.43. The molecule has 46 heavy (non-hydrogen) atoms. The first-order chi connectivity index (χ1) is 22.0. The fourth-order valence-corrected chi connectivity index (χ4v) is 8.58. The molecule has 1 N–H and O–H groups in total. The fraction of sp³-hybridized carbons (Fsp3) is 0.257. The molecule has 3 fully saturated rings. The highest BCUT2D eigenvalue weighted by Gasteiger charge is 2.77. The molecule has 6 atom stereocenters. The van der Waals surface area contributed by atoms with Crippen LogP contribution in [0.2, 0.25) is 0 Å². The van der Waals surface area contributed by atoms with E-state index in [1.807, 2.05) is 0 Å². The first-order valence-corrected chi connectivity index (χ1v) is 15.4. The number of halogens is 3. The third-order valence-corrected chi connectivity index (χ3v) is 11.2. The SMILES string of the molecule is C=Cc1ccc(N2C(=O)C3CC=C4C(CC5(Cl)C(=O)N(c6ccc(F)cc6)C(=O)C5(Cl)C4c4ccc(OC)cc4O)C3C2=O)cc1. The highest BCUT2D eigenvalue weighted by Crippen LogP contribution is 2.66. The van der Waals surface area contributed by atoms with Crippen LogP contribution in [0.5, 0.6) is 11.5 Å². The number of imide groups is 2. The molecular formula is C35H27Cl2FN2O6. The maximum atomic E-state index is 14.4. The number of fused-ring (bicyclic) bond motifs is 4. The van der Waals surface area contributed by atoms with Crippen molar-refractivity contribution in [2.24, 2.45) is 17.8 Å². The summed E-state index contributed by atoms with van der Waals surface area (Å²) in [4.78, 5) is 54.5. The van der Waals surface area contributed by atoms with Crippen LogP contribution in [0.4, 0.5) is 15.8 Å². The van der Waals surface area contributed by atoms with E-state index < -0.39 is 57.0 Å². The Kier molecular flexibility index (Phi) is 6.92. The summed E-state index contributed by atoms with van der Waals surface area (Å²) in [5, 5.41) is 11.3. The van der Waals surface area contributed by atoms with E-state index >= 15 is 0 Å². The zero-order chi connectivity index (χ0) is 32.7. The lowest BCUT2D eigenvalue weighted by atomic mass is 9.56.